The molecule has 0 unspecified atom stereocenters. The summed E-state index contributed by atoms with van der Waals surface area (Å²) in [6.45, 7) is -0.0748. The van der Waals surface area contributed by atoms with Gasteiger partial charge in [0.05, 0.1) is 16.1 Å². The summed E-state index contributed by atoms with van der Waals surface area (Å²) in [6, 6.07) is 4.67. The third kappa shape index (κ3) is 4.03. The van der Waals surface area contributed by atoms with Crippen LogP contribution in [-0.2, 0) is 10.0 Å². The van der Waals surface area contributed by atoms with Gasteiger partial charge in [-0.15, -0.1) is 0 Å². The smallest absolute Gasteiger partial charge is 0.240 e. The Morgan fingerprint density at radius 3 is 2.50 bits per heavy atom. The van der Waals surface area contributed by atoms with Gasteiger partial charge in [0.25, 0.3) is 0 Å². The van der Waals surface area contributed by atoms with E-state index in [9.17, 15) is 17.9 Å². The lowest BCUT2D eigenvalue weighted by Crippen LogP contribution is -2.42. The van der Waals surface area contributed by atoms with Crippen molar-refractivity contribution in [2.75, 3.05) is 6.54 Å². The number of rotatable bonds is 4. The van der Waals surface area contributed by atoms with Crippen molar-refractivity contribution in [2.24, 2.45) is 0 Å². The van der Waals surface area contributed by atoms with Gasteiger partial charge < -0.3 is 5.11 Å². The van der Waals surface area contributed by atoms with Crippen molar-refractivity contribution in [1.82, 2.24) is 4.72 Å². The topological polar surface area (TPSA) is 90.2 Å². The maximum atomic E-state index is 13.3. The van der Waals surface area contributed by atoms with Gasteiger partial charge in [-0.25, -0.2) is 17.5 Å². The summed E-state index contributed by atoms with van der Waals surface area (Å²) in [5.41, 5.74) is -1.36. The zero-order valence-electron chi connectivity index (χ0n) is 12.2. The van der Waals surface area contributed by atoms with Crippen LogP contribution in [0.15, 0.2) is 23.1 Å². The summed E-state index contributed by atoms with van der Waals surface area (Å²) < 4.78 is 40.1. The van der Waals surface area contributed by atoms with E-state index in [2.05, 4.69) is 4.72 Å². The number of nitriles is 1. The summed E-state index contributed by atoms with van der Waals surface area (Å²) in [7, 11) is -3.89. The Kier molecular flexibility index (Phi) is 5.16. The molecule has 0 aromatic heterocycles. The highest BCUT2D eigenvalue weighted by molar-refractivity contribution is 7.89. The number of sulfonamides is 1. The average molecular weight is 326 g/mol. The molecule has 1 aromatic carbocycles. The van der Waals surface area contributed by atoms with Crippen molar-refractivity contribution >= 4 is 10.0 Å². The van der Waals surface area contributed by atoms with Gasteiger partial charge in [0.2, 0.25) is 10.0 Å². The van der Waals surface area contributed by atoms with Crippen LogP contribution in [0.1, 0.15) is 44.1 Å². The fraction of sp³-hybridized carbons (Fsp3) is 0.533. The number of hydrogen-bond acceptors (Lipinski definition) is 4. The summed E-state index contributed by atoms with van der Waals surface area (Å²) >= 11 is 0. The lowest BCUT2D eigenvalue weighted by atomic mass is 9.95. The Morgan fingerprint density at radius 2 is 1.91 bits per heavy atom. The normalized spacial score (nSPS) is 18.4. The molecule has 1 aromatic rings. The number of nitrogens with one attached hydrogen (secondary N) is 1. The summed E-state index contributed by atoms with van der Waals surface area (Å²) in [5, 5.41) is 19.2. The van der Waals surface area contributed by atoms with Crippen molar-refractivity contribution < 1.29 is 17.9 Å². The SMILES string of the molecule is N#Cc1cc(S(=O)(=O)NCC2(O)CCCCCC2)ccc1F. The van der Waals surface area contributed by atoms with Crippen LogP contribution in [0.5, 0.6) is 0 Å². The van der Waals surface area contributed by atoms with Gasteiger partial charge >= 0.3 is 0 Å². The number of nitrogens with zero attached hydrogens (tertiary/aromatic N) is 1. The molecule has 0 heterocycles. The predicted molar refractivity (Wildman–Crippen MR) is 79.0 cm³/mol. The lowest BCUT2D eigenvalue weighted by Gasteiger charge is -2.26. The Hall–Kier alpha value is -1.49. The molecular formula is C15H19FN2O3S. The Labute approximate surface area is 129 Å². The maximum Gasteiger partial charge on any atom is 0.240 e. The second-order valence-electron chi connectivity index (χ2n) is 5.72. The zero-order chi connectivity index (χ0) is 16.2. The molecule has 2 rings (SSSR count). The lowest BCUT2D eigenvalue weighted by molar-refractivity contribution is 0.0303. The molecule has 1 aliphatic rings. The van der Waals surface area contributed by atoms with Crippen molar-refractivity contribution in [2.45, 2.75) is 49.0 Å². The zero-order valence-corrected chi connectivity index (χ0v) is 13.0. The number of halogens is 1. The first-order valence-corrected chi connectivity index (χ1v) is 8.76. The van der Waals surface area contributed by atoms with Crippen molar-refractivity contribution in [3.63, 3.8) is 0 Å². The molecule has 0 saturated heterocycles. The highest BCUT2D eigenvalue weighted by Gasteiger charge is 2.30. The fourth-order valence-corrected chi connectivity index (χ4v) is 3.78. The average Bonchev–Trinajstić information content (AvgIpc) is 2.71. The second kappa shape index (κ2) is 6.73. The monoisotopic (exact) mass is 326 g/mol. The highest BCUT2D eigenvalue weighted by Crippen LogP contribution is 2.27. The van der Waals surface area contributed by atoms with Crippen molar-refractivity contribution in [3.05, 3.63) is 29.6 Å². The van der Waals surface area contributed by atoms with Crippen LogP contribution in [0.2, 0.25) is 0 Å². The van der Waals surface area contributed by atoms with E-state index in [0.29, 0.717) is 12.8 Å². The first-order chi connectivity index (χ1) is 10.4. The van der Waals surface area contributed by atoms with E-state index in [0.717, 1.165) is 43.9 Å². The predicted octanol–water partition coefficient (Wildman–Crippen LogP) is 2.06. The first kappa shape index (κ1) is 16.9. The molecule has 0 aliphatic heterocycles. The van der Waals surface area contributed by atoms with Crippen molar-refractivity contribution in [1.29, 1.82) is 5.26 Å². The summed E-state index contributed by atoms with van der Waals surface area (Å²) in [4.78, 5) is -0.178. The van der Waals surface area contributed by atoms with Gasteiger partial charge in [-0.2, -0.15) is 5.26 Å². The molecule has 5 nitrogen and oxygen atoms in total. The number of hydrogen-bond donors (Lipinski definition) is 2. The van der Waals surface area contributed by atoms with E-state index in [1.807, 2.05) is 0 Å². The van der Waals surface area contributed by atoms with Crippen LogP contribution in [0.25, 0.3) is 0 Å². The van der Waals surface area contributed by atoms with Gasteiger partial charge in [0.15, 0.2) is 0 Å². The molecule has 2 N–H and O–H groups in total. The first-order valence-electron chi connectivity index (χ1n) is 7.28. The molecule has 0 amide bonds. The standard InChI is InChI=1S/C15H19FN2O3S/c16-14-6-5-13(9-12(14)10-17)22(20,21)18-11-15(19)7-3-1-2-4-8-15/h5-6,9,18-19H,1-4,7-8,11H2. The van der Waals surface area contributed by atoms with Crippen LogP contribution >= 0.6 is 0 Å². The third-order valence-electron chi connectivity index (χ3n) is 3.99. The van der Waals surface area contributed by atoms with Gasteiger partial charge in [-0.05, 0) is 31.0 Å². The molecule has 0 spiro atoms. The molecule has 7 heteroatoms. The quantitative estimate of drug-likeness (QED) is 0.829. The van der Waals surface area contributed by atoms with Crippen LogP contribution in [0.3, 0.4) is 0 Å². The van der Waals surface area contributed by atoms with Gasteiger partial charge in [-0.1, -0.05) is 25.7 Å². The fourth-order valence-electron chi connectivity index (χ4n) is 2.63. The van der Waals surface area contributed by atoms with Crippen LogP contribution in [0.4, 0.5) is 4.39 Å². The maximum absolute atomic E-state index is 13.3. The molecule has 22 heavy (non-hydrogen) atoms. The van der Waals surface area contributed by atoms with Crippen LogP contribution in [-0.4, -0.2) is 25.7 Å². The minimum atomic E-state index is -3.89. The van der Waals surface area contributed by atoms with E-state index >= 15 is 0 Å². The molecule has 1 saturated carbocycles. The van der Waals surface area contributed by atoms with E-state index in [4.69, 9.17) is 5.26 Å². The third-order valence-corrected chi connectivity index (χ3v) is 5.39. The number of aliphatic hydroxyl groups is 1. The van der Waals surface area contributed by atoms with Gasteiger partial charge in [-0.3, -0.25) is 0 Å². The molecule has 1 fully saturated rings. The van der Waals surface area contributed by atoms with E-state index in [1.54, 1.807) is 6.07 Å². The van der Waals surface area contributed by atoms with Gasteiger partial charge in [0.1, 0.15) is 11.9 Å². The largest absolute Gasteiger partial charge is 0.389 e. The summed E-state index contributed by atoms with van der Waals surface area (Å²) in [6.07, 6.45) is 4.93. The van der Waals surface area contributed by atoms with E-state index < -0.39 is 21.4 Å². The molecule has 0 radical (unpaired) electrons. The van der Waals surface area contributed by atoms with E-state index in [-0.39, 0.29) is 17.0 Å². The Morgan fingerprint density at radius 1 is 1.27 bits per heavy atom. The molecule has 0 atom stereocenters. The Bertz CT molecular complexity index is 675. The van der Waals surface area contributed by atoms with E-state index in [1.165, 1.54) is 0 Å². The minimum absolute atomic E-state index is 0.0748. The highest BCUT2D eigenvalue weighted by atomic mass is 32.2. The second-order valence-corrected chi connectivity index (χ2v) is 7.48. The van der Waals surface area contributed by atoms with Crippen LogP contribution in [0, 0.1) is 17.1 Å². The minimum Gasteiger partial charge on any atom is -0.389 e. The van der Waals surface area contributed by atoms with Crippen molar-refractivity contribution in [3.8, 4) is 6.07 Å². The van der Waals surface area contributed by atoms with Gasteiger partial charge in [0, 0.05) is 6.54 Å². The number of benzene rings is 1. The van der Waals surface area contributed by atoms with Crippen LogP contribution < -0.4 is 4.72 Å². The molecule has 0 bridgehead atoms. The summed E-state index contributed by atoms with van der Waals surface area (Å²) in [5.74, 6) is -0.760. The Balaban J connectivity index is 2.12. The molecule has 120 valence electrons. The molecule has 1 aliphatic carbocycles. The molecular weight excluding hydrogens is 307 g/mol.